The van der Waals surface area contributed by atoms with Gasteiger partial charge in [0.2, 0.25) is 5.91 Å². The number of hydrogen-bond donors (Lipinski definition) is 2. The number of nitrogens with zero attached hydrogens (tertiary/aromatic N) is 1. The van der Waals surface area contributed by atoms with Gasteiger partial charge >= 0.3 is 6.03 Å². The molecule has 0 aromatic carbocycles. The Bertz CT molecular complexity index is 390. The predicted octanol–water partition coefficient (Wildman–Crippen LogP) is 1.67. The quantitative estimate of drug-likeness (QED) is 0.774. The molecule has 0 fully saturated rings. The molecule has 0 saturated carbocycles. The van der Waals surface area contributed by atoms with Gasteiger partial charge in [-0.1, -0.05) is 0 Å². The van der Waals surface area contributed by atoms with E-state index in [0.29, 0.717) is 5.69 Å². The number of aromatic nitrogens is 1. The molecule has 1 aromatic rings. The first-order valence-corrected chi connectivity index (χ1v) is 5.11. The highest BCUT2D eigenvalue weighted by Gasteiger charge is 2.12. The zero-order valence-electron chi connectivity index (χ0n) is 8.95. The number of alkyl halides is 1. The summed E-state index contributed by atoms with van der Waals surface area (Å²) in [5.41, 5.74) is 1.36. The Morgan fingerprint density at radius 3 is 2.62 bits per heavy atom. The summed E-state index contributed by atoms with van der Waals surface area (Å²) in [6.07, 6.45) is 1.50. The van der Waals surface area contributed by atoms with E-state index in [2.05, 4.69) is 15.6 Å². The Morgan fingerprint density at radius 1 is 1.44 bits per heavy atom. The number of hydrogen-bond acceptors (Lipinski definition) is 3. The van der Waals surface area contributed by atoms with Crippen LogP contribution in [-0.2, 0) is 4.79 Å². The standard InChI is InChI=1S/C10H12ClN3O2/c1-6-3-4-8(5-12-6)13-10(16)14-9(15)7(2)11/h3-5,7H,1-2H3,(H2,13,14,15,16). The first kappa shape index (κ1) is 12.4. The third-order valence-corrected chi connectivity index (χ3v) is 1.97. The molecular weight excluding hydrogens is 230 g/mol. The van der Waals surface area contributed by atoms with Crippen molar-refractivity contribution in [2.24, 2.45) is 0 Å². The molecule has 0 bridgehead atoms. The highest BCUT2D eigenvalue weighted by Crippen LogP contribution is 2.04. The zero-order chi connectivity index (χ0) is 12.1. The van der Waals surface area contributed by atoms with Gasteiger partial charge in [0, 0.05) is 5.69 Å². The zero-order valence-corrected chi connectivity index (χ0v) is 9.71. The van der Waals surface area contributed by atoms with Crippen molar-refractivity contribution in [3.8, 4) is 0 Å². The monoisotopic (exact) mass is 241 g/mol. The van der Waals surface area contributed by atoms with E-state index in [0.717, 1.165) is 5.69 Å². The van der Waals surface area contributed by atoms with Gasteiger partial charge in [-0.3, -0.25) is 15.1 Å². The molecule has 1 rings (SSSR count). The van der Waals surface area contributed by atoms with Crippen molar-refractivity contribution in [3.63, 3.8) is 0 Å². The van der Waals surface area contributed by atoms with E-state index in [1.165, 1.54) is 13.1 Å². The first-order chi connectivity index (χ1) is 7.49. The van der Waals surface area contributed by atoms with E-state index in [1.54, 1.807) is 12.1 Å². The fourth-order valence-electron chi connectivity index (χ4n) is 0.915. The second-order valence-corrected chi connectivity index (χ2v) is 3.90. The molecule has 0 aliphatic carbocycles. The van der Waals surface area contributed by atoms with Crippen molar-refractivity contribution in [1.82, 2.24) is 10.3 Å². The lowest BCUT2D eigenvalue weighted by molar-refractivity contribution is -0.119. The number of rotatable bonds is 2. The van der Waals surface area contributed by atoms with Gasteiger partial charge in [-0.05, 0) is 26.0 Å². The maximum atomic E-state index is 11.3. The van der Waals surface area contributed by atoms with Crippen LogP contribution in [0.15, 0.2) is 18.3 Å². The van der Waals surface area contributed by atoms with Crippen LogP contribution in [-0.4, -0.2) is 22.3 Å². The molecule has 0 aliphatic rings. The van der Waals surface area contributed by atoms with E-state index in [9.17, 15) is 9.59 Å². The Labute approximate surface area is 98.2 Å². The van der Waals surface area contributed by atoms with Gasteiger partial charge in [0.25, 0.3) is 0 Å². The van der Waals surface area contributed by atoms with Crippen molar-refractivity contribution in [1.29, 1.82) is 0 Å². The van der Waals surface area contributed by atoms with Crippen molar-refractivity contribution in [3.05, 3.63) is 24.0 Å². The van der Waals surface area contributed by atoms with E-state index in [-0.39, 0.29) is 0 Å². The van der Waals surface area contributed by atoms with Crippen LogP contribution in [0.25, 0.3) is 0 Å². The van der Waals surface area contributed by atoms with Crippen molar-refractivity contribution >= 4 is 29.2 Å². The summed E-state index contributed by atoms with van der Waals surface area (Å²) in [7, 11) is 0. The molecule has 1 aromatic heterocycles. The maximum Gasteiger partial charge on any atom is 0.325 e. The summed E-state index contributed by atoms with van der Waals surface area (Å²) in [5, 5.41) is 3.81. The Morgan fingerprint density at radius 2 is 2.12 bits per heavy atom. The molecule has 2 N–H and O–H groups in total. The maximum absolute atomic E-state index is 11.3. The van der Waals surface area contributed by atoms with E-state index in [1.807, 2.05) is 6.92 Å². The molecule has 5 nitrogen and oxygen atoms in total. The molecule has 0 aliphatic heterocycles. The molecule has 86 valence electrons. The number of aryl methyl sites for hydroxylation is 1. The van der Waals surface area contributed by atoms with Gasteiger partial charge in [0.1, 0.15) is 5.38 Å². The van der Waals surface area contributed by atoms with Crippen LogP contribution in [0.4, 0.5) is 10.5 Å². The summed E-state index contributed by atoms with van der Waals surface area (Å²) in [5.74, 6) is -0.542. The first-order valence-electron chi connectivity index (χ1n) is 4.67. The third-order valence-electron chi connectivity index (χ3n) is 1.77. The van der Waals surface area contributed by atoms with Crippen LogP contribution in [0.5, 0.6) is 0 Å². The molecule has 3 amide bonds. The minimum atomic E-state index is -0.748. The van der Waals surface area contributed by atoms with Gasteiger partial charge in [-0.15, -0.1) is 11.6 Å². The fourth-order valence-corrected chi connectivity index (χ4v) is 0.970. The summed E-state index contributed by atoms with van der Waals surface area (Å²) >= 11 is 5.49. The number of imide groups is 1. The van der Waals surface area contributed by atoms with Crippen molar-refractivity contribution < 1.29 is 9.59 Å². The fraction of sp³-hybridized carbons (Fsp3) is 0.300. The molecule has 1 atom stereocenters. The van der Waals surface area contributed by atoms with Gasteiger partial charge < -0.3 is 5.32 Å². The Kier molecular flexibility index (Phi) is 4.25. The lowest BCUT2D eigenvalue weighted by Crippen LogP contribution is -2.38. The van der Waals surface area contributed by atoms with Gasteiger partial charge in [0.15, 0.2) is 0 Å². The number of pyridine rings is 1. The van der Waals surface area contributed by atoms with Gasteiger partial charge in [0.05, 0.1) is 11.9 Å². The lowest BCUT2D eigenvalue weighted by Gasteiger charge is -2.07. The largest absolute Gasteiger partial charge is 0.325 e. The number of nitrogens with one attached hydrogen (secondary N) is 2. The second kappa shape index (κ2) is 5.46. The number of anilines is 1. The van der Waals surface area contributed by atoms with Crippen molar-refractivity contribution in [2.45, 2.75) is 19.2 Å². The molecule has 16 heavy (non-hydrogen) atoms. The highest BCUT2D eigenvalue weighted by atomic mass is 35.5. The van der Waals surface area contributed by atoms with Crippen LogP contribution in [0.3, 0.4) is 0 Å². The summed E-state index contributed by atoms with van der Waals surface area (Å²) in [4.78, 5) is 26.4. The second-order valence-electron chi connectivity index (χ2n) is 3.25. The average Bonchev–Trinajstić information content (AvgIpc) is 2.21. The van der Waals surface area contributed by atoms with Crippen molar-refractivity contribution in [2.75, 3.05) is 5.32 Å². The Balaban J connectivity index is 2.52. The number of amides is 3. The number of urea groups is 1. The molecule has 1 heterocycles. The molecular formula is C10H12ClN3O2. The lowest BCUT2D eigenvalue weighted by atomic mass is 10.3. The molecule has 0 saturated heterocycles. The minimum Gasteiger partial charge on any atom is -0.306 e. The minimum absolute atomic E-state index is 0.512. The smallest absolute Gasteiger partial charge is 0.306 e. The third kappa shape index (κ3) is 3.86. The van der Waals surface area contributed by atoms with Crippen LogP contribution in [0.2, 0.25) is 0 Å². The highest BCUT2D eigenvalue weighted by molar-refractivity contribution is 6.31. The topological polar surface area (TPSA) is 71.1 Å². The number of carbonyl (C=O) groups excluding carboxylic acids is 2. The summed E-state index contributed by atoms with van der Waals surface area (Å²) in [6.45, 7) is 3.32. The number of carbonyl (C=O) groups is 2. The van der Waals surface area contributed by atoms with E-state index >= 15 is 0 Å². The van der Waals surface area contributed by atoms with Crippen LogP contribution >= 0.6 is 11.6 Å². The Hall–Kier alpha value is -1.62. The predicted molar refractivity (Wildman–Crippen MR) is 61.5 cm³/mol. The molecule has 0 radical (unpaired) electrons. The van der Waals surface area contributed by atoms with Crippen LogP contribution in [0.1, 0.15) is 12.6 Å². The summed E-state index contributed by atoms with van der Waals surface area (Å²) < 4.78 is 0. The normalized spacial score (nSPS) is 11.7. The van der Waals surface area contributed by atoms with Gasteiger partial charge in [-0.2, -0.15) is 0 Å². The summed E-state index contributed by atoms with van der Waals surface area (Å²) in [6, 6.07) is 2.82. The van der Waals surface area contributed by atoms with Gasteiger partial charge in [-0.25, -0.2) is 4.79 Å². The molecule has 6 heteroatoms. The number of halogens is 1. The molecule has 0 spiro atoms. The van der Waals surface area contributed by atoms with E-state index < -0.39 is 17.3 Å². The average molecular weight is 242 g/mol. The van der Waals surface area contributed by atoms with E-state index in [4.69, 9.17) is 11.6 Å². The molecule has 1 unspecified atom stereocenters. The van der Waals surface area contributed by atoms with Crippen LogP contribution in [0, 0.1) is 6.92 Å². The van der Waals surface area contributed by atoms with Crippen LogP contribution < -0.4 is 10.6 Å². The SMILES string of the molecule is Cc1ccc(NC(=O)NC(=O)C(C)Cl)cn1.